The number of benzene rings is 1. The molecule has 1 saturated heterocycles. The Hall–Kier alpha value is -0.390. The highest BCUT2D eigenvalue weighted by atomic mass is 127. The Labute approximate surface area is 188 Å². The molecule has 1 aromatic rings. The van der Waals surface area contributed by atoms with Gasteiger partial charge in [-0.2, -0.15) is 0 Å². The van der Waals surface area contributed by atoms with E-state index in [1.807, 2.05) is 0 Å². The first-order valence-electron chi connectivity index (χ1n) is 9.02. The monoisotopic (exact) mass is 572 g/mol. The Kier molecular flexibility index (Phi) is 10.6. The van der Waals surface area contributed by atoms with Crippen LogP contribution in [-0.4, -0.2) is 75.5 Å². The van der Waals surface area contributed by atoms with E-state index < -0.39 is 9.84 Å². The van der Waals surface area contributed by atoms with Gasteiger partial charge in [0.15, 0.2) is 15.8 Å². The van der Waals surface area contributed by atoms with Crippen molar-refractivity contribution in [3.63, 3.8) is 0 Å². The van der Waals surface area contributed by atoms with Gasteiger partial charge >= 0.3 is 0 Å². The van der Waals surface area contributed by atoms with Crippen molar-refractivity contribution in [1.29, 1.82) is 0 Å². The first-order chi connectivity index (χ1) is 12.4. The van der Waals surface area contributed by atoms with E-state index in [-0.39, 0.29) is 35.5 Å². The number of guanidine groups is 1. The number of hydrogen-bond donors (Lipinski definition) is 1. The number of sulfone groups is 1. The van der Waals surface area contributed by atoms with Gasteiger partial charge in [0.25, 0.3) is 0 Å². The Bertz CT molecular complexity index is 705. The Morgan fingerprint density at radius 1 is 1.22 bits per heavy atom. The molecule has 1 atom stereocenters. The molecule has 1 heterocycles. The summed E-state index contributed by atoms with van der Waals surface area (Å²) in [4.78, 5) is 8.97. The number of nitrogens with one attached hydrogen (secondary N) is 1. The maximum Gasteiger partial charge on any atom is 0.193 e. The van der Waals surface area contributed by atoms with Crippen molar-refractivity contribution in [3.05, 3.63) is 34.3 Å². The molecule has 6 nitrogen and oxygen atoms in total. The summed E-state index contributed by atoms with van der Waals surface area (Å²) >= 11 is 3.48. The topological polar surface area (TPSA) is 65.0 Å². The molecule has 0 bridgehead atoms. The maximum atomic E-state index is 11.6. The largest absolute Gasteiger partial charge is 0.355 e. The normalized spacial score (nSPS) is 17.3. The molecule has 27 heavy (non-hydrogen) atoms. The number of aliphatic imine (C=N–C) groups is 1. The van der Waals surface area contributed by atoms with Crippen LogP contribution in [0, 0.1) is 0 Å². The van der Waals surface area contributed by atoms with Crippen molar-refractivity contribution < 1.29 is 8.42 Å². The number of piperazine rings is 1. The summed E-state index contributed by atoms with van der Waals surface area (Å²) in [6.45, 7) is 7.97. The van der Waals surface area contributed by atoms with Gasteiger partial charge in [-0.3, -0.25) is 9.89 Å². The zero-order valence-electron chi connectivity index (χ0n) is 16.2. The quantitative estimate of drug-likeness (QED) is 0.323. The average molecular weight is 573 g/mol. The minimum atomic E-state index is -2.96. The number of halogens is 2. The first-order valence-corrected chi connectivity index (χ1v) is 11.6. The van der Waals surface area contributed by atoms with Crippen LogP contribution in [-0.2, 0) is 9.84 Å². The van der Waals surface area contributed by atoms with Crippen LogP contribution in [0.5, 0.6) is 0 Å². The highest BCUT2D eigenvalue weighted by Crippen LogP contribution is 2.23. The van der Waals surface area contributed by atoms with Gasteiger partial charge in [0.05, 0.1) is 5.75 Å². The molecular weight excluding hydrogens is 543 g/mol. The average Bonchev–Trinajstić information content (AvgIpc) is 2.65. The Morgan fingerprint density at radius 3 is 2.33 bits per heavy atom. The summed E-state index contributed by atoms with van der Waals surface area (Å²) < 4.78 is 24.3. The van der Waals surface area contributed by atoms with Crippen molar-refractivity contribution in [3.8, 4) is 0 Å². The van der Waals surface area contributed by atoms with E-state index in [2.05, 4.69) is 67.2 Å². The van der Waals surface area contributed by atoms with E-state index >= 15 is 0 Å². The highest BCUT2D eigenvalue weighted by Gasteiger charge is 2.23. The molecule has 0 spiro atoms. The SMILES string of the molecule is CCS(=O)(=O)CCNC(=NC)N1CCN(C(C)c2ccc(Br)cc2)CC1.I. The summed E-state index contributed by atoms with van der Waals surface area (Å²) in [5.41, 5.74) is 1.31. The Morgan fingerprint density at radius 2 is 1.81 bits per heavy atom. The molecule has 1 N–H and O–H groups in total. The van der Waals surface area contributed by atoms with E-state index in [9.17, 15) is 8.42 Å². The third-order valence-corrected chi connectivity index (χ3v) is 7.10. The van der Waals surface area contributed by atoms with E-state index in [4.69, 9.17) is 0 Å². The number of rotatable bonds is 6. The predicted molar refractivity (Wildman–Crippen MR) is 127 cm³/mol. The minimum absolute atomic E-state index is 0. The molecule has 2 rings (SSSR count). The zero-order chi connectivity index (χ0) is 19.2. The summed E-state index contributed by atoms with van der Waals surface area (Å²) in [5, 5.41) is 3.18. The molecule has 1 fully saturated rings. The first kappa shape index (κ1) is 24.6. The van der Waals surface area contributed by atoms with E-state index in [0.717, 1.165) is 36.6 Å². The number of nitrogens with zero attached hydrogens (tertiary/aromatic N) is 3. The third kappa shape index (κ3) is 7.51. The van der Waals surface area contributed by atoms with Crippen molar-refractivity contribution in [1.82, 2.24) is 15.1 Å². The summed E-state index contributed by atoms with van der Waals surface area (Å²) in [7, 11) is -1.21. The van der Waals surface area contributed by atoms with Crippen molar-refractivity contribution in [2.45, 2.75) is 19.9 Å². The molecular formula is C18H30BrIN4O2S. The fraction of sp³-hybridized carbons (Fsp3) is 0.611. The minimum Gasteiger partial charge on any atom is -0.355 e. The maximum absolute atomic E-state index is 11.6. The van der Waals surface area contributed by atoms with Crippen LogP contribution in [0.2, 0.25) is 0 Å². The molecule has 1 aliphatic rings. The molecule has 1 aromatic carbocycles. The summed E-state index contributed by atoms with van der Waals surface area (Å²) in [6.07, 6.45) is 0. The van der Waals surface area contributed by atoms with Crippen LogP contribution >= 0.6 is 39.9 Å². The number of hydrogen-bond acceptors (Lipinski definition) is 4. The van der Waals surface area contributed by atoms with E-state index in [1.54, 1.807) is 14.0 Å². The molecule has 0 saturated carbocycles. The second kappa shape index (κ2) is 11.6. The van der Waals surface area contributed by atoms with Crippen molar-refractivity contribution >= 4 is 55.7 Å². The predicted octanol–water partition coefficient (Wildman–Crippen LogP) is 2.76. The van der Waals surface area contributed by atoms with Gasteiger partial charge in [-0.1, -0.05) is 35.0 Å². The zero-order valence-corrected chi connectivity index (χ0v) is 20.9. The molecule has 154 valence electrons. The molecule has 9 heteroatoms. The fourth-order valence-corrected chi connectivity index (χ4v) is 4.03. The van der Waals surface area contributed by atoms with Gasteiger partial charge in [0.2, 0.25) is 0 Å². The molecule has 0 amide bonds. The van der Waals surface area contributed by atoms with Crippen LogP contribution in [0.1, 0.15) is 25.5 Å². The van der Waals surface area contributed by atoms with Gasteiger partial charge in [-0.15, -0.1) is 24.0 Å². The van der Waals surface area contributed by atoms with Gasteiger partial charge in [0, 0.05) is 56.0 Å². The second-order valence-corrected chi connectivity index (χ2v) is 9.85. The fourth-order valence-electron chi connectivity index (χ4n) is 3.07. The van der Waals surface area contributed by atoms with Gasteiger partial charge < -0.3 is 10.2 Å². The molecule has 0 radical (unpaired) electrons. The standard InChI is InChI=1S/C18H29BrN4O2S.HI/c1-4-26(24,25)14-9-21-18(20-3)23-12-10-22(11-13-23)15(2)16-5-7-17(19)8-6-16;/h5-8,15H,4,9-14H2,1-3H3,(H,20,21);1H. The third-order valence-electron chi connectivity index (χ3n) is 4.86. The molecule has 1 unspecified atom stereocenters. The van der Waals surface area contributed by atoms with E-state index in [0.29, 0.717) is 12.6 Å². The lowest BCUT2D eigenvalue weighted by Crippen LogP contribution is -2.53. The van der Waals surface area contributed by atoms with Gasteiger partial charge in [0.1, 0.15) is 0 Å². The van der Waals surface area contributed by atoms with Crippen molar-refractivity contribution in [2.75, 3.05) is 51.3 Å². The van der Waals surface area contributed by atoms with Crippen LogP contribution in [0.25, 0.3) is 0 Å². The van der Waals surface area contributed by atoms with Crippen molar-refractivity contribution in [2.24, 2.45) is 4.99 Å². The second-order valence-electron chi connectivity index (χ2n) is 6.46. The lowest BCUT2D eigenvalue weighted by atomic mass is 10.1. The summed E-state index contributed by atoms with van der Waals surface area (Å²) in [5.74, 6) is 1.11. The molecule has 0 aliphatic carbocycles. The molecule has 0 aromatic heterocycles. The van der Waals surface area contributed by atoms with Crippen LogP contribution < -0.4 is 5.32 Å². The molecule has 1 aliphatic heterocycles. The van der Waals surface area contributed by atoms with E-state index in [1.165, 1.54) is 5.56 Å². The van der Waals surface area contributed by atoms with Gasteiger partial charge in [-0.05, 0) is 24.6 Å². The van der Waals surface area contributed by atoms with Crippen LogP contribution in [0.4, 0.5) is 0 Å². The summed E-state index contributed by atoms with van der Waals surface area (Å²) in [6, 6.07) is 8.86. The lowest BCUT2D eigenvalue weighted by Gasteiger charge is -2.39. The lowest BCUT2D eigenvalue weighted by molar-refractivity contribution is 0.138. The van der Waals surface area contributed by atoms with Gasteiger partial charge in [-0.25, -0.2) is 8.42 Å². The highest BCUT2D eigenvalue weighted by molar-refractivity contribution is 14.0. The smallest absolute Gasteiger partial charge is 0.193 e. The van der Waals surface area contributed by atoms with Crippen LogP contribution in [0.3, 0.4) is 0 Å². The Balaban J connectivity index is 0.00000364. The van der Waals surface area contributed by atoms with Crippen LogP contribution in [0.15, 0.2) is 33.7 Å².